The van der Waals surface area contributed by atoms with Crippen LogP contribution in [0.3, 0.4) is 0 Å². The normalized spacial score (nSPS) is 16.9. The monoisotopic (exact) mass is 371 g/mol. The van der Waals surface area contributed by atoms with E-state index in [0.29, 0.717) is 0 Å². The second-order valence-corrected chi connectivity index (χ2v) is 6.98. The molecule has 140 valence electrons. The lowest BCUT2D eigenvalue weighted by Gasteiger charge is -2.22. The SMILES string of the molecule is c1ccc(Nc2ccc3ncc(-c4cnn(C5CCCCO5)c4)nc3c2)cc1. The van der Waals surface area contributed by atoms with Gasteiger partial charge in [0.15, 0.2) is 0 Å². The van der Waals surface area contributed by atoms with Gasteiger partial charge in [0.2, 0.25) is 0 Å². The summed E-state index contributed by atoms with van der Waals surface area (Å²) in [6.07, 6.45) is 8.96. The minimum Gasteiger partial charge on any atom is -0.357 e. The molecule has 0 aliphatic carbocycles. The molecule has 2 aromatic carbocycles. The van der Waals surface area contributed by atoms with Gasteiger partial charge < -0.3 is 10.1 Å². The van der Waals surface area contributed by atoms with Crippen molar-refractivity contribution < 1.29 is 4.74 Å². The fraction of sp³-hybridized carbons (Fsp3) is 0.227. The summed E-state index contributed by atoms with van der Waals surface area (Å²) in [6.45, 7) is 0.798. The predicted octanol–water partition coefficient (Wildman–Crippen LogP) is 4.94. The molecule has 4 aromatic rings. The van der Waals surface area contributed by atoms with Crippen LogP contribution in [-0.4, -0.2) is 26.4 Å². The minimum atomic E-state index is 0.0255. The maximum absolute atomic E-state index is 5.81. The Labute approximate surface area is 163 Å². The number of hydrogen-bond acceptors (Lipinski definition) is 5. The number of benzene rings is 2. The van der Waals surface area contributed by atoms with E-state index in [-0.39, 0.29) is 6.23 Å². The van der Waals surface area contributed by atoms with Crippen LogP contribution in [0.25, 0.3) is 22.3 Å². The minimum absolute atomic E-state index is 0.0255. The van der Waals surface area contributed by atoms with Crippen LogP contribution in [-0.2, 0) is 4.74 Å². The molecule has 1 fully saturated rings. The fourth-order valence-corrected chi connectivity index (χ4v) is 3.48. The highest BCUT2D eigenvalue weighted by atomic mass is 16.5. The number of fused-ring (bicyclic) bond motifs is 1. The van der Waals surface area contributed by atoms with Crippen molar-refractivity contribution in [1.82, 2.24) is 19.7 Å². The third-order valence-corrected chi connectivity index (χ3v) is 4.95. The molecule has 2 aromatic heterocycles. The van der Waals surface area contributed by atoms with E-state index in [1.54, 1.807) is 6.20 Å². The lowest BCUT2D eigenvalue weighted by Crippen LogP contribution is -2.18. The third kappa shape index (κ3) is 3.46. The first-order valence-electron chi connectivity index (χ1n) is 9.60. The standard InChI is InChI=1S/C22H21N5O/c1-2-6-17(7-3-1)25-18-9-10-19-20(12-18)26-21(14-23-19)16-13-24-27(15-16)22-8-4-5-11-28-22/h1-3,6-7,9-10,12-15,22,25H,4-5,8,11H2. The molecule has 28 heavy (non-hydrogen) atoms. The second kappa shape index (κ2) is 7.40. The van der Waals surface area contributed by atoms with Gasteiger partial charge in [-0.1, -0.05) is 18.2 Å². The lowest BCUT2D eigenvalue weighted by molar-refractivity contribution is -0.0394. The molecular weight excluding hydrogens is 350 g/mol. The Bertz CT molecular complexity index is 1090. The van der Waals surface area contributed by atoms with Crippen molar-refractivity contribution in [3.8, 4) is 11.3 Å². The van der Waals surface area contributed by atoms with Gasteiger partial charge in [0.25, 0.3) is 0 Å². The van der Waals surface area contributed by atoms with Crippen molar-refractivity contribution in [2.45, 2.75) is 25.5 Å². The molecule has 1 saturated heterocycles. The zero-order valence-electron chi connectivity index (χ0n) is 15.5. The highest BCUT2D eigenvalue weighted by molar-refractivity contribution is 5.81. The van der Waals surface area contributed by atoms with Gasteiger partial charge in [0, 0.05) is 29.7 Å². The number of aromatic nitrogens is 4. The summed E-state index contributed by atoms with van der Waals surface area (Å²) in [5.74, 6) is 0. The fourth-order valence-electron chi connectivity index (χ4n) is 3.48. The lowest BCUT2D eigenvalue weighted by atomic mass is 10.2. The quantitative estimate of drug-likeness (QED) is 0.551. The van der Waals surface area contributed by atoms with E-state index >= 15 is 0 Å². The molecular formula is C22H21N5O. The van der Waals surface area contributed by atoms with E-state index in [9.17, 15) is 0 Å². The van der Waals surface area contributed by atoms with Crippen molar-refractivity contribution >= 4 is 22.4 Å². The molecule has 6 heteroatoms. The van der Waals surface area contributed by atoms with E-state index in [0.717, 1.165) is 53.1 Å². The summed E-state index contributed by atoms with van der Waals surface area (Å²) in [6, 6.07) is 16.1. The Hall–Kier alpha value is -3.25. The molecule has 0 radical (unpaired) electrons. The second-order valence-electron chi connectivity index (χ2n) is 6.98. The molecule has 0 bridgehead atoms. The van der Waals surface area contributed by atoms with Gasteiger partial charge in [0.1, 0.15) is 6.23 Å². The Kier molecular flexibility index (Phi) is 4.47. The van der Waals surface area contributed by atoms with Gasteiger partial charge in [-0.25, -0.2) is 9.67 Å². The average Bonchev–Trinajstić information content (AvgIpc) is 3.25. The first-order chi connectivity index (χ1) is 13.8. The number of ether oxygens (including phenoxy) is 1. The van der Waals surface area contributed by atoms with Gasteiger partial charge in [0.05, 0.1) is 29.1 Å². The Morgan fingerprint density at radius 2 is 1.89 bits per heavy atom. The van der Waals surface area contributed by atoms with Gasteiger partial charge in [-0.05, 0) is 49.6 Å². The van der Waals surface area contributed by atoms with Crippen molar-refractivity contribution in [1.29, 1.82) is 0 Å². The van der Waals surface area contributed by atoms with Gasteiger partial charge in [-0.15, -0.1) is 0 Å². The van der Waals surface area contributed by atoms with Crippen LogP contribution >= 0.6 is 0 Å². The summed E-state index contributed by atoms with van der Waals surface area (Å²) < 4.78 is 7.71. The molecule has 0 spiro atoms. The van der Waals surface area contributed by atoms with Gasteiger partial charge in [-0.2, -0.15) is 5.10 Å². The molecule has 1 atom stereocenters. The van der Waals surface area contributed by atoms with Crippen molar-refractivity contribution in [2.75, 3.05) is 11.9 Å². The van der Waals surface area contributed by atoms with Crippen LogP contribution in [0.15, 0.2) is 67.1 Å². The Balaban J connectivity index is 1.43. The number of nitrogens with zero attached hydrogens (tertiary/aromatic N) is 4. The number of para-hydroxylation sites is 1. The molecule has 1 aliphatic heterocycles. The number of hydrogen-bond donors (Lipinski definition) is 1. The predicted molar refractivity (Wildman–Crippen MR) is 109 cm³/mol. The number of rotatable bonds is 4. The van der Waals surface area contributed by atoms with E-state index in [4.69, 9.17) is 9.72 Å². The molecule has 1 unspecified atom stereocenters. The molecule has 0 amide bonds. The molecule has 3 heterocycles. The van der Waals surface area contributed by atoms with E-state index < -0.39 is 0 Å². The zero-order valence-corrected chi connectivity index (χ0v) is 15.5. The maximum Gasteiger partial charge on any atom is 0.150 e. The van der Waals surface area contributed by atoms with Crippen LogP contribution in [0.1, 0.15) is 25.5 Å². The van der Waals surface area contributed by atoms with Crippen LogP contribution in [0.5, 0.6) is 0 Å². The Morgan fingerprint density at radius 3 is 2.75 bits per heavy atom. The smallest absolute Gasteiger partial charge is 0.150 e. The van der Waals surface area contributed by atoms with Crippen LogP contribution in [0.4, 0.5) is 11.4 Å². The van der Waals surface area contributed by atoms with Crippen molar-refractivity contribution in [3.63, 3.8) is 0 Å². The number of nitrogens with one attached hydrogen (secondary N) is 1. The first-order valence-corrected chi connectivity index (χ1v) is 9.60. The summed E-state index contributed by atoms with van der Waals surface area (Å²) in [5.41, 5.74) is 5.50. The first kappa shape index (κ1) is 16.9. The molecule has 6 nitrogen and oxygen atoms in total. The van der Waals surface area contributed by atoms with Crippen LogP contribution < -0.4 is 5.32 Å². The van der Waals surface area contributed by atoms with Crippen LogP contribution in [0, 0.1) is 0 Å². The van der Waals surface area contributed by atoms with Crippen LogP contribution in [0.2, 0.25) is 0 Å². The summed E-state index contributed by atoms with van der Waals surface area (Å²) in [5, 5.41) is 7.88. The zero-order chi connectivity index (χ0) is 18.8. The molecule has 1 aliphatic rings. The highest BCUT2D eigenvalue weighted by Crippen LogP contribution is 2.26. The van der Waals surface area contributed by atoms with Crippen molar-refractivity contribution in [2.24, 2.45) is 0 Å². The molecule has 0 saturated carbocycles. The van der Waals surface area contributed by atoms with E-state index in [1.807, 2.05) is 65.6 Å². The average molecular weight is 371 g/mol. The largest absolute Gasteiger partial charge is 0.357 e. The topological polar surface area (TPSA) is 64.9 Å². The summed E-state index contributed by atoms with van der Waals surface area (Å²) >= 11 is 0. The van der Waals surface area contributed by atoms with Gasteiger partial charge in [-0.3, -0.25) is 4.98 Å². The molecule has 1 N–H and O–H groups in total. The Morgan fingerprint density at radius 1 is 0.964 bits per heavy atom. The van der Waals surface area contributed by atoms with E-state index in [2.05, 4.69) is 15.4 Å². The summed E-state index contributed by atoms with van der Waals surface area (Å²) in [7, 11) is 0. The summed E-state index contributed by atoms with van der Waals surface area (Å²) in [4.78, 5) is 9.38. The van der Waals surface area contributed by atoms with Gasteiger partial charge >= 0.3 is 0 Å². The van der Waals surface area contributed by atoms with Crippen molar-refractivity contribution in [3.05, 3.63) is 67.1 Å². The van der Waals surface area contributed by atoms with E-state index in [1.165, 1.54) is 6.42 Å². The molecule has 5 rings (SSSR count). The third-order valence-electron chi connectivity index (χ3n) is 4.95. The highest BCUT2D eigenvalue weighted by Gasteiger charge is 2.17. The number of anilines is 2. The maximum atomic E-state index is 5.81.